The van der Waals surface area contributed by atoms with E-state index in [9.17, 15) is 4.79 Å². The molecule has 0 radical (unpaired) electrons. The van der Waals surface area contributed by atoms with E-state index < -0.39 is 6.10 Å². The molecule has 0 saturated heterocycles. The lowest BCUT2D eigenvalue weighted by Gasteiger charge is -2.17. The Hall–Kier alpha value is -1.52. The number of rotatable bonds is 5. The third kappa shape index (κ3) is 4.24. The highest BCUT2D eigenvalue weighted by molar-refractivity contribution is 9.10. The number of ether oxygens (including phenoxy) is 1. The zero-order valence-electron chi connectivity index (χ0n) is 12.4. The van der Waals surface area contributed by atoms with Gasteiger partial charge in [0.2, 0.25) is 0 Å². The van der Waals surface area contributed by atoms with E-state index in [0.717, 1.165) is 22.2 Å². The van der Waals surface area contributed by atoms with Gasteiger partial charge < -0.3 is 10.1 Å². The van der Waals surface area contributed by atoms with Crippen molar-refractivity contribution in [2.75, 3.05) is 5.32 Å². The summed E-state index contributed by atoms with van der Waals surface area (Å²) in [4.78, 5) is 12.2. The molecule has 0 bridgehead atoms. The van der Waals surface area contributed by atoms with Crippen LogP contribution in [0.15, 0.2) is 46.9 Å². The maximum Gasteiger partial charge on any atom is 0.265 e. The lowest BCUT2D eigenvalue weighted by Crippen LogP contribution is -2.30. The van der Waals surface area contributed by atoms with E-state index in [1.54, 1.807) is 25.1 Å². The number of amides is 1. The molecule has 0 unspecified atom stereocenters. The van der Waals surface area contributed by atoms with Gasteiger partial charge in [0.15, 0.2) is 6.10 Å². The molecule has 1 atom stereocenters. The minimum absolute atomic E-state index is 0.218. The standard InChI is InChI=1S/C17H17BrClNO2/c1-3-12-6-4-5-7-16(12)22-11(2)17(21)20-13-8-9-14(18)15(19)10-13/h4-11H,3H2,1-2H3,(H,20,21)/t11-/m1/s1. The summed E-state index contributed by atoms with van der Waals surface area (Å²) in [5.74, 6) is 0.519. The molecule has 0 fully saturated rings. The Morgan fingerprint density at radius 2 is 2.05 bits per heavy atom. The molecule has 2 aromatic carbocycles. The monoisotopic (exact) mass is 381 g/mol. The van der Waals surface area contributed by atoms with Crippen LogP contribution in [-0.4, -0.2) is 12.0 Å². The second-order valence-electron chi connectivity index (χ2n) is 4.84. The average molecular weight is 383 g/mol. The Bertz CT molecular complexity index is 675. The predicted molar refractivity (Wildman–Crippen MR) is 93.7 cm³/mol. The minimum atomic E-state index is -0.602. The summed E-state index contributed by atoms with van der Waals surface area (Å²) in [5, 5.41) is 3.34. The van der Waals surface area contributed by atoms with Crippen molar-refractivity contribution in [3.05, 3.63) is 57.5 Å². The van der Waals surface area contributed by atoms with Crippen LogP contribution in [0.3, 0.4) is 0 Å². The summed E-state index contributed by atoms with van der Waals surface area (Å²) in [6.45, 7) is 3.78. The fourth-order valence-electron chi connectivity index (χ4n) is 1.97. The van der Waals surface area contributed by atoms with Gasteiger partial charge in [-0.3, -0.25) is 4.79 Å². The number of hydrogen-bond donors (Lipinski definition) is 1. The van der Waals surface area contributed by atoms with Crippen LogP contribution in [0.5, 0.6) is 5.75 Å². The summed E-state index contributed by atoms with van der Waals surface area (Å²) in [6.07, 6.45) is 0.252. The van der Waals surface area contributed by atoms with Gasteiger partial charge in [0.25, 0.3) is 5.91 Å². The quantitative estimate of drug-likeness (QED) is 0.784. The zero-order valence-corrected chi connectivity index (χ0v) is 14.7. The Balaban J connectivity index is 2.04. The lowest BCUT2D eigenvalue weighted by atomic mass is 10.1. The highest BCUT2D eigenvalue weighted by Crippen LogP contribution is 2.26. The van der Waals surface area contributed by atoms with Crippen molar-refractivity contribution < 1.29 is 9.53 Å². The first-order chi connectivity index (χ1) is 10.5. The van der Waals surface area contributed by atoms with Crippen LogP contribution in [0.1, 0.15) is 19.4 Å². The van der Waals surface area contributed by atoms with Gasteiger partial charge in [0.1, 0.15) is 5.75 Å². The van der Waals surface area contributed by atoms with Crippen LogP contribution in [-0.2, 0) is 11.2 Å². The topological polar surface area (TPSA) is 38.3 Å². The molecule has 0 aromatic heterocycles. The molecule has 3 nitrogen and oxygen atoms in total. The van der Waals surface area contributed by atoms with Gasteiger partial charge in [-0.15, -0.1) is 0 Å². The van der Waals surface area contributed by atoms with Gasteiger partial charge in [0, 0.05) is 10.2 Å². The van der Waals surface area contributed by atoms with E-state index in [2.05, 4.69) is 28.2 Å². The van der Waals surface area contributed by atoms with E-state index in [1.165, 1.54) is 0 Å². The summed E-state index contributed by atoms with van der Waals surface area (Å²) < 4.78 is 6.56. The molecule has 0 aliphatic carbocycles. The molecule has 0 aliphatic rings. The van der Waals surface area contributed by atoms with Gasteiger partial charge in [-0.25, -0.2) is 0 Å². The summed E-state index contributed by atoms with van der Waals surface area (Å²) >= 11 is 9.33. The molecular weight excluding hydrogens is 366 g/mol. The van der Waals surface area contributed by atoms with E-state index in [4.69, 9.17) is 16.3 Å². The molecule has 1 N–H and O–H groups in total. The number of carbonyl (C=O) groups is 1. The molecule has 22 heavy (non-hydrogen) atoms. The molecule has 0 heterocycles. The maximum absolute atomic E-state index is 12.2. The van der Waals surface area contributed by atoms with Crippen LogP contribution in [0.2, 0.25) is 5.02 Å². The normalized spacial score (nSPS) is 11.8. The second kappa shape index (κ2) is 7.65. The SMILES string of the molecule is CCc1ccccc1O[C@H](C)C(=O)Nc1ccc(Br)c(Cl)c1. The number of halogens is 2. The maximum atomic E-state index is 12.2. The smallest absolute Gasteiger partial charge is 0.265 e. The van der Waals surface area contributed by atoms with Crippen molar-refractivity contribution in [3.63, 3.8) is 0 Å². The van der Waals surface area contributed by atoms with Crippen molar-refractivity contribution in [1.29, 1.82) is 0 Å². The third-order valence-electron chi connectivity index (χ3n) is 3.21. The number of nitrogens with one attached hydrogen (secondary N) is 1. The Kier molecular flexibility index (Phi) is 5.86. The largest absolute Gasteiger partial charge is 0.481 e. The Labute approximate surface area is 143 Å². The first kappa shape index (κ1) is 16.8. The van der Waals surface area contributed by atoms with Gasteiger partial charge in [-0.1, -0.05) is 36.7 Å². The lowest BCUT2D eigenvalue weighted by molar-refractivity contribution is -0.122. The Morgan fingerprint density at radius 3 is 2.73 bits per heavy atom. The highest BCUT2D eigenvalue weighted by atomic mass is 79.9. The molecule has 1 amide bonds. The summed E-state index contributed by atoms with van der Waals surface area (Å²) in [5.41, 5.74) is 1.71. The molecular formula is C17H17BrClNO2. The van der Waals surface area contributed by atoms with Crippen LogP contribution >= 0.6 is 27.5 Å². The van der Waals surface area contributed by atoms with Gasteiger partial charge in [-0.05, 0) is 59.1 Å². The van der Waals surface area contributed by atoms with Crippen molar-refractivity contribution in [2.45, 2.75) is 26.4 Å². The number of para-hydroxylation sites is 1. The number of carbonyl (C=O) groups excluding carboxylic acids is 1. The van der Waals surface area contributed by atoms with Gasteiger partial charge in [-0.2, -0.15) is 0 Å². The highest BCUT2D eigenvalue weighted by Gasteiger charge is 2.16. The first-order valence-corrected chi connectivity index (χ1v) is 8.18. The van der Waals surface area contributed by atoms with Crippen LogP contribution in [0.25, 0.3) is 0 Å². The summed E-state index contributed by atoms with van der Waals surface area (Å²) in [6, 6.07) is 13.0. The average Bonchev–Trinajstić information content (AvgIpc) is 2.51. The molecule has 5 heteroatoms. The molecule has 0 spiro atoms. The molecule has 2 rings (SSSR count). The van der Waals surface area contributed by atoms with E-state index in [0.29, 0.717) is 10.7 Å². The van der Waals surface area contributed by atoms with Gasteiger partial charge in [0.05, 0.1) is 5.02 Å². The fourth-order valence-corrected chi connectivity index (χ4v) is 2.40. The van der Waals surface area contributed by atoms with Crippen LogP contribution in [0, 0.1) is 0 Å². The Morgan fingerprint density at radius 1 is 1.32 bits per heavy atom. The van der Waals surface area contributed by atoms with Crippen molar-refractivity contribution in [3.8, 4) is 5.75 Å². The van der Waals surface area contributed by atoms with Crippen LogP contribution in [0.4, 0.5) is 5.69 Å². The first-order valence-electron chi connectivity index (χ1n) is 7.01. The number of aryl methyl sites for hydroxylation is 1. The number of benzene rings is 2. The number of hydrogen-bond acceptors (Lipinski definition) is 2. The van der Waals surface area contributed by atoms with E-state index in [1.807, 2.05) is 24.3 Å². The van der Waals surface area contributed by atoms with E-state index >= 15 is 0 Å². The zero-order chi connectivity index (χ0) is 16.1. The van der Waals surface area contributed by atoms with E-state index in [-0.39, 0.29) is 5.91 Å². The molecule has 116 valence electrons. The summed E-state index contributed by atoms with van der Waals surface area (Å²) in [7, 11) is 0. The van der Waals surface area contributed by atoms with Gasteiger partial charge >= 0.3 is 0 Å². The molecule has 0 saturated carbocycles. The van der Waals surface area contributed by atoms with Crippen molar-refractivity contribution in [2.24, 2.45) is 0 Å². The predicted octanol–water partition coefficient (Wildman–Crippen LogP) is 5.07. The molecule has 2 aromatic rings. The molecule has 0 aliphatic heterocycles. The van der Waals surface area contributed by atoms with Crippen molar-refractivity contribution >= 4 is 39.1 Å². The van der Waals surface area contributed by atoms with Crippen molar-refractivity contribution in [1.82, 2.24) is 0 Å². The fraction of sp³-hybridized carbons (Fsp3) is 0.235. The number of anilines is 1. The third-order valence-corrected chi connectivity index (χ3v) is 4.45. The second-order valence-corrected chi connectivity index (χ2v) is 6.10. The van der Waals surface area contributed by atoms with Crippen LogP contribution < -0.4 is 10.1 Å². The minimum Gasteiger partial charge on any atom is -0.481 e.